The van der Waals surface area contributed by atoms with Crippen LogP contribution in [-0.2, 0) is 0 Å². The Hall–Kier alpha value is -3.25. The van der Waals surface area contributed by atoms with Crippen molar-refractivity contribution < 1.29 is 9.47 Å². The van der Waals surface area contributed by atoms with Gasteiger partial charge in [-0.2, -0.15) is 5.26 Å². The number of nitrogens with zero attached hydrogens (tertiary/aromatic N) is 1. The van der Waals surface area contributed by atoms with Gasteiger partial charge in [0.2, 0.25) is 0 Å². The van der Waals surface area contributed by atoms with Crippen LogP contribution < -0.4 is 9.47 Å². The lowest BCUT2D eigenvalue weighted by Crippen LogP contribution is -1.94. The van der Waals surface area contributed by atoms with Gasteiger partial charge in [-0.1, -0.05) is 48.5 Å². The Bertz CT molecular complexity index is 946. The average molecular weight is 315 g/mol. The Morgan fingerprint density at radius 1 is 0.917 bits per heavy atom. The van der Waals surface area contributed by atoms with Crippen molar-refractivity contribution in [2.75, 3.05) is 14.2 Å². The first-order valence-corrected chi connectivity index (χ1v) is 7.59. The summed E-state index contributed by atoms with van der Waals surface area (Å²) < 4.78 is 10.7. The van der Waals surface area contributed by atoms with E-state index in [0.717, 1.165) is 27.5 Å². The Balaban J connectivity index is 2.22. The van der Waals surface area contributed by atoms with E-state index in [4.69, 9.17) is 9.47 Å². The van der Waals surface area contributed by atoms with Gasteiger partial charge in [0.25, 0.3) is 0 Å². The van der Waals surface area contributed by atoms with Gasteiger partial charge < -0.3 is 9.47 Å². The maximum absolute atomic E-state index is 9.28. The molecule has 0 aromatic heterocycles. The minimum Gasteiger partial charge on any atom is -0.493 e. The Morgan fingerprint density at radius 2 is 1.67 bits per heavy atom. The highest BCUT2D eigenvalue weighted by Crippen LogP contribution is 2.35. The van der Waals surface area contributed by atoms with Gasteiger partial charge >= 0.3 is 0 Å². The van der Waals surface area contributed by atoms with Crippen LogP contribution in [0.1, 0.15) is 11.1 Å². The maximum Gasteiger partial charge on any atom is 0.161 e. The van der Waals surface area contributed by atoms with Gasteiger partial charge in [0.05, 0.1) is 20.3 Å². The average Bonchev–Trinajstić information content (AvgIpc) is 2.65. The molecule has 3 aromatic rings. The van der Waals surface area contributed by atoms with Crippen LogP contribution in [0.4, 0.5) is 0 Å². The highest BCUT2D eigenvalue weighted by atomic mass is 16.5. The predicted octanol–water partition coefficient (Wildman–Crippen LogP) is 4.81. The number of hydrogen-bond donors (Lipinski definition) is 0. The zero-order chi connectivity index (χ0) is 16.9. The molecule has 0 spiro atoms. The van der Waals surface area contributed by atoms with E-state index < -0.39 is 0 Å². The van der Waals surface area contributed by atoms with Crippen LogP contribution in [-0.4, -0.2) is 14.2 Å². The summed E-state index contributed by atoms with van der Waals surface area (Å²) in [6, 6.07) is 22.1. The minimum atomic E-state index is 0.638. The molecule has 24 heavy (non-hydrogen) atoms. The number of methoxy groups -OCH3 is 2. The molecule has 0 aliphatic rings. The monoisotopic (exact) mass is 315 g/mol. The lowest BCUT2D eigenvalue weighted by Gasteiger charge is -2.13. The van der Waals surface area contributed by atoms with E-state index in [1.807, 2.05) is 42.5 Å². The van der Waals surface area contributed by atoms with Crippen molar-refractivity contribution in [2.24, 2.45) is 0 Å². The molecule has 0 aliphatic heterocycles. The molecular formula is C21H17NO2. The zero-order valence-electron chi connectivity index (χ0n) is 13.6. The lowest BCUT2D eigenvalue weighted by atomic mass is 9.93. The SMILES string of the molecule is COc1ccc(/C(=C\C#N)c2cccc3ccccc23)cc1OC. The largest absolute Gasteiger partial charge is 0.493 e. The third kappa shape index (κ3) is 2.82. The van der Waals surface area contributed by atoms with Crippen LogP contribution in [0.15, 0.2) is 66.7 Å². The highest BCUT2D eigenvalue weighted by molar-refractivity contribution is 5.98. The van der Waals surface area contributed by atoms with Crippen molar-refractivity contribution in [3.63, 3.8) is 0 Å². The molecule has 3 aromatic carbocycles. The minimum absolute atomic E-state index is 0.638. The molecule has 0 heterocycles. The molecule has 0 aliphatic carbocycles. The normalized spacial score (nSPS) is 11.1. The number of allylic oxidation sites excluding steroid dienone is 1. The molecule has 0 atom stereocenters. The Kier molecular flexibility index (Phi) is 4.49. The van der Waals surface area contributed by atoms with Crippen LogP contribution in [0.25, 0.3) is 16.3 Å². The van der Waals surface area contributed by atoms with Crippen molar-refractivity contribution in [3.05, 3.63) is 77.9 Å². The van der Waals surface area contributed by atoms with E-state index in [-0.39, 0.29) is 0 Å². The smallest absolute Gasteiger partial charge is 0.161 e. The van der Waals surface area contributed by atoms with Gasteiger partial charge in [-0.05, 0) is 34.0 Å². The molecule has 0 N–H and O–H groups in total. The van der Waals surface area contributed by atoms with Crippen molar-refractivity contribution in [1.29, 1.82) is 5.26 Å². The van der Waals surface area contributed by atoms with Gasteiger partial charge in [0.15, 0.2) is 11.5 Å². The fourth-order valence-electron chi connectivity index (χ4n) is 2.85. The summed E-state index contributed by atoms with van der Waals surface area (Å²) in [5.74, 6) is 1.30. The summed E-state index contributed by atoms with van der Waals surface area (Å²) >= 11 is 0. The number of benzene rings is 3. The quantitative estimate of drug-likeness (QED) is 0.649. The van der Waals surface area contributed by atoms with E-state index in [2.05, 4.69) is 24.3 Å². The van der Waals surface area contributed by atoms with Gasteiger partial charge in [0, 0.05) is 11.6 Å². The molecule has 0 amide bonds. The van der Waals surface area contributed by atoms with Crippen LogP contribution in [0.3, 0.4) is 0 Å². The van der Waals surface area contributed by atoms with Crippen LogP contribution in [0.5, 0.6) is 11.5 Å². The standard InChI is InChI=1S/C21H17NO2/c1-23-20-11-10-16(14-21(20)24-2)18(12-13-22)19-9-5-7-15-6-3-4-8-17(15)19/h3-12,14H,1-2H3/b18-12+. The second-order valence-electron chi connectivity index (χ2n) is 5.28. The summed E-state index contributed by atoms with van der Waals surface area (Å²) in [6.07, 6.45) is 1.57. The fraction of sp³-hybridized carbons (Fsp3) is 0.0952. The molecule has 3 rings (SSSR count). The van der Waals surface area contributed by atoms with E-state index in [1.165, 1.54) is 0 Å². The van der Waals surface area contributed by atoms with Gasteiger partial charge in [0.1, 0.15) is 0 Å². The summed E-state index contributed by atoms with van der Waals surface area (Å²) in [5.41, 5.74) is 2.78. The maximum atomic E-state index is 9.28. The summed E-state index contributed by atoms with van der Waals surface area (Å²) in [6.45, 7) is 0. The number of hydrogen-bond acceptors (Lipinski definition) is 3. The van der Waals surface area contributed by atoms with Crippen molar-refractivity contribution in [1.82, 2.24) is 0 Å². The summed E-state index contributed by atoms with van der Waals surface area (Å²) in [5, 5.41) is 11.5. The van der Waals surface area contributed by atoms with E-state index in [1.54, 1.807) is 20.3 Å². The van der Waals surface area contributed by atoms with Crippen molar-refractivity contribution >= 4 is 16.3 Å². The van der Waals surface area contributed by atoms with Crippen molar-refractivity contribution in [3.8, 4) is 17.6 Å². The summed E-state index contributed by atoms with van der Waals surface area (Å²) in [7, 11) is 3.21. The first kappa shape index (κ1) is 15.6. The van der Waals surface area contributed by atoms with Crippen LogP contribution in [0.2, 0.25) is 0 Å². The van der Waals surface area contributed by atoms with Crippen LogP contribution >= 0.6 is 0 Å². The Morgan fingerprint density at radius 3 is 2.42 bits per heavy atom. The zero-order valence-corrected chi connectivity index (χ0v) is 13.6. The van der Waals surface area contributed by atoms with Crippen molar-refractivity contribution in [2.45, 2.75) is 0 Å². The molecule has 0 fully saturated rings. The Labute approximate surface area is 141 Å². The van der Waals surface area contributed by atoms with Gasteiger partial charge in [-0.3, -0.25) is 0 Å². The van der Waals surface area contributed by atoms with Gasteiger partial charge in [-0.25, -0.2) is 0 Å². The molecule has 0 unspecified atom stereocenters. The molecule has 0 saturated carbocycles. The topological polar surface area (TPSA) is 42.2 Å². The molecule has 118 valence electrons. The lowest BCUT2D eigenvalue weighted by molar-refractivity contribution is 0.355. The second kappa shape index (κ2) is 6.89. The molecule has 0 bridgehead atoms. The van der Waals surface area contributed by atoms with E-state index >= 15 is 0 Å². The first-order valence-electron chi connectivity index (χ1n) is 7.59. The number of rotatable bonds is 4. The molecule has 0 radical (unpaired) electrons. The van der Waals surface area contributed by atoms with E-state index in [9.17, 15) is 5.26 Å². The third-order valence-electron chi connectivity index (χ3n) is 3.98. The first-order chi connectivity index (χ1) is 11.8. The van der Waals surface area contributed by atoms with Crippen LogP contribution in [0, 0.1) is 11.3 Å². The highest BCUT2D eigenvalue weighted by Gasteiger charge is 2.12. The third-order valence-corrected chi connectivity index (χ3v) is 3.98. The number of nitriles is 1. The predicted molar refractivity (Wildman–Crippen MR) is 96.2 cm³/mol. The van der Waals surface area contributed by atoms with E-state index in [0.29, 0.717) is 11.5 Å². The number of fused-ring (bicyclic) bond motifs is 1. The molecule has 0 saturated heterocycles. The molecule has 3 nitrogen and oxygen atoms in total. The fourth-order valence-corrected chi connectivity index (χ4v) is 2.85. The second-order valence-corrected chi connectivity index (χ2v) is 5.28. The molecule has 3 heteroatoms. The van der Waals surface area contributed by atoms with Gasteiger partial charge in [-0.15, -0.1) is 0 Å². The summed E-state index contributed by atoms with van der Waals surface area (Å²) in [4.78, 5) is 0. The molecular weight excluding hydrogens is 298 g/mol. The number of ether oxygens (including phenoxy) is 2.